The summed E-state index contributed by atoms with van der Waals surface area (Å²) in [5.41, 5.74) is 1.11. The van der Waals surface area contributed by atoms with Crippen molar-refractivity contribution in [3.05, 3.63) is 52.2 Å². The Morgan fingerprint density at radius 2 is 2.13 bits per heavy atom. The molecule has 116 valence electrons. The fraction of sp³-hybridized carbons (Fsp3) is 0.188. The van der Waals surface area contributed by atoms with Crippen molar-refractivity contribution in [2.24, 2.45) is 0 Å². The van der Waals surface area contributed by atoms with Gasteiger partial charge in [0, 0.05) is 23.7 Å². The van der Waals surface area contributed by atoms with E-state index in [1.54, 1.807) is 24.3 Å². The molecule has 2 aromatic rings. The number of nitrogens with one attached hydrogen (secondary N) is 2. The van der Waals surface area contributed by atoms with E-state index in [1.807, 2.05) is 23.6 Å². The van der Waals surface area contributed by atoms with Gasteiger partial charge in [-0.3, -0.25) is 4.79 Å². The van der Waals surface area contributed by atoms with Gasteiger partial charge in [0.2, 0.25) is 5.91 Å². The Morgan fingerprint density at radius 3 is 2.78 bits per heavy atom. The zero-order chi connectivity index (χ0) is 16.2. The minimum Gasteiger partial charge on any atom is -0.352 e. The Kier molecular flexibility index (Phi) is 4.26. The second-order valence-corrected chi connectivity index (χ2v) is 6.00. The lowest BCUT2D eigenvalue weighted by molar-refractivity contribution is -0.127. The summed E-state index contributed by atoms with van der Waals surface area (Å²) in [4.78, 5) is 27.1. The normalized spacial score (nSPS) is 17.3. The number of rotatable bonds is 2. The van der Waals surface area contributed by atoms with Crippen molar-refractivity contribution in [1.82, 2.24) is 10.2 Å². The molecule has 6 nitrogen and oxygen atoms in total. The minimum atomic E-state index is -0.609. The van der Waals surface area contributed by atoms with Gasteiger partial charge in [0.15, 0.2) is 0 Å². The van der Waals surface area contributed by atoms with Crippen molar-refractivity contribution in [1.29, 1.82) is 5.26 Å². The van der Waals surface area contributed by atoms with Gasteiger partial charge in [0.25, 0.3) is 0 Å². The quantitative estimate of drug-likeness (QED) is 0.888. The number of piperazine rings is 1. The second kappa shape index (κ2) is 6.50. The number of urea groups is 1. The third-order valence-corrected chi connectivity index (χ3v) is 4.48. The summed E-state index contributed by atoms with van der Waals surface area (Å²) in [6.45, 7) is 0.873. The van der Waals surface area contributed by atoms with Crippen LogP contribution in [-0.2, 0) is 4.79 Å². The summed E-state index contributed by atoms with van der Waals surface area (Å²) in [5, 5.41) is 16.2. The number of benzene rings is 1. The molecule has 7 heteroatoms. The zero-order valence-corrected chi connectivity index (χ0v) is 13.0. The number of nitriles is 1. The van der Waals surface area contributed by atoms with Gasteiger partial charge in [-0.25, -0.2) is 4.79 Å². The molecule has 1 saturated heterocycles. The fourth-order valence-electron chi connectivity index (χ4n) is 2.44. The number of thiophene rings is 1. The van der Waals surface area contributed by atoms with E-state index in [0.29, 0.717) is 24.3 Å². The molecular formula is C16H14N4O2S. The van der Waals surface area contributed by atoms with Crippen LogP contribution in [0.15, 0.2) is 41.8 Å². The number of amides is 3. The van der Waals surface area contributed by atoms with Gasteiger partial charge in [0.1, 0.15) is 6.04 Å². The van der Waals surface area contributed by atoms with E-state index in [2.05, 4.69) is 10.6 Å². The van der Waals surface area contributed by atoms with Crippen LogP contribution in [0.2, 0.25) is 0 Å². The molecule has 0 spiro atoms. The van der Waals surface area contributed by atoms with Gasteiger partial charge in [-0.15, -0.1) is 11.3 Å². The van der Waals surface area contributed by atoms with Crippen molar-refractivity contribution >= 4 is 29.0 Å². The Labute approximate surface area is 137 Å². The second-order valence-electron chi connectivity index (χ2n) is 5.02. The van der Waals surface area contributed by atoms with Crippen LogP contribution in [0.1, 0.15) is 16.5 Å². The molecule has 23 heavy (non-hydrogen) atoms. The number of hydrogen-bond donors (Lipinski definition) is 2. The summed E-state index contributed by atoms with van der Waals surface area (Å²) < 4.78 is 0. The summed E-state index contributed by atoms with van der Waals surface area (Å²) in [6.07, 6.45) is 0. The molecule has 0 radical (unpaired) electrons. The highest BCUT2D eigenvalue weighted by Crippen LogP contribution is 2.27. The number of hydrogen-bond acceptors (Lipinski definition) is 4. The molecule has 2 N–H and O–H groups in total. The molecule has 3 rings (SSSR count). The van der Waals surface area contributed by atoms with E-state index in [1.165, 1.54) is 16.2 Å². The Morgan fingerprint density at radius 1 is 1.35 bits per heavy atom. The average Bonchev–Trinajstić information content (AvgIpc) is 3.09. The van der Waals surface area contributed by atoms with E-state index in [0.717, 1.165) is 4.88 Å². The molecule has 0 aliphatic carbocycles. The van der Waals surface area contributed by atoms with Crippen LogP contribution >= 0.6 is 11.3 Å². The van der Waals surface area contributed by atoms with E-state index >= 15 is 0 Å². The molecule has 1 atom stereocenters. The molecule has 0 saturated carbocycles. The topological polar surface area (TPSA) is 85.2 Å². The van der Waals surface area contributed by atoms with Crippen molar-refractivity contribution < 1.29 is 9.59 Å². The van der Waals surface area contributed by atoms with Gasteiger partial charge < -0.3 is 15.5 Å². The van der Waals surface area contributed by atoms with E-state index in [-0.39, 0.29) is 11.9 Å². The lowest BCUT2D eigenvalue weighted by atomic mass is 10.1. The lowest BCUT2D eigenvalue weighted by Crippen LogP contribution is -2.53. The largest absolute Gasteiger partial charge is 0.352 e. The molecule has 1 aromatic carbocycles. The van der Waals surface area contributed by atoms with Gasteiger partial charge in [-0.2, -0.15) is 5.26 Å². The van der Waals surface area contributed by atoms with Crippen molar-refractivity contribution in [2.75, 3.05) is 18.4 Å². The fourth-order valence-corrected chi connectivity index (χ4v) is 3.27. The molecule has 3 amide bonds. The molecule has 0 bridgehead atoms. The number of nitrogens with zero attached hydrogens (tertiary/aromatic N) is 2. The predicted octanol–water partition coefficient (Wildman–Crippen LogP) is 2.32. The Balaban J connectivity index is 1.78. The first-order chi connectivity index (χ1) is 11.2. The van der Waals surface area contributed by atoms with Gasteiger partial charge in [-0.05, 0) is 35.7 Å². The smallest absolute Gasteiger partial charge is 0.322 e. The van der Waals surface area contributed by atoms with Crippen LogP contribution < -0.4 is 10.6 Å². The summed E-state index contributed by atoms with van der Waals surface area (Å²) in [5.74, 6) is -0.173. The summed E-state index contributed by atoms with van der Waals surface area (Å²) in [6, 6.07) is 11.4. The monoisotopic (exact) mass is 326 g/mol. The van der Waals surface area contributed by atoms with E-state index < -0.39 is 6.04 Å². The van der Waals surface area contributed by atoms with Crippen LogP contribution in [0.3, 0.4) is 0 Å². The van der Waals surface area contributed by atoms with E-state index in [4.69, 9.17) is 5.26 Å². The molecular weight excluding hydrogens is 312 g/mol. The SMILES string of the molecule is N#Cc1ccc(NC(=O)N2CCNC(=O)C2c2cccs2)cc1. The summed E-state index contributed by atoms with van der Waals surface area (Å²) >= 11 is 1.45. The number of anilines is 1. The highest BCUT2D eigenvalue weighted by molar-refractivity contribution is 7.10. The van der Waals surface area contributed by atoms with Crippen molar-refractivity contribution in [2.45, 2.75) is 6.04 Å². The third kappa shape index (κ3) is 3.17. The maximum atomic E-state index is 12.5. The van der Waals surface area contributed by atoms with Gasteiger partial charge in [0.05, 0.1) is 11.6 Å². The highest BCUT2D eigenvalue weighted by Gasteiger charge is 2.35. The first kappa shape index (κ1) is 15.1. The summed E-state index contributed by atoms with van der Waals surface area (Å²) in [7, 11) is 0. The number of carbonyl (C=O) groups is 2. The minimum absolute atomic E-state index is 0.173. The molecule has 1 unspecified atom stereocenters. The van der Waals surface area contributed by atoms with E-state index in [9.17, 15) is 9.59 Å². The molecule has 1 aliphatic heterocycles. The van der Waals surface area contributed by atoms with Crippen LogP contribution in [0.4, 0.5) is 10.5 Å². The Hall–Kier alpha value is -2.85. The van der Waals surface area contributed by atoms with Crippen molar-refractivity contribution in [3.63, 3.8) is 0 Å². The van der Waals surface area contributed by atoms with Crippen LogP contribution in [0.5, 0.6) is 0 Å². The first-order valence-corrected chi connectivity index (χ1v) is 7.96. The maximum absolute atomic E-state index is 12.5. The van der Waals surface area contributed by atoms with Crippen LogP contribution in [0, 0.1) is 11.3 Å². The lowest BCUT2D eigenvalue weighted by Gasteiger charge is -2.34. The standard InChI is InChI=1S/C16H14N4O2S/c17-10-11-3-5-12(6-4-11)19-16(22)20-8-7-18-15(21)14(20)13-2-1-9-23-13/h1-6,9,14H,7-8H2,(H,18,21)(H,19,22). The molecule has 2 heterocycles. The Bertz CT molecular complexity index is 749. The first-order valence-electron chi connectivity index (χ1n) is 7.08. The van der Waals surface area contributed by atoms with Gasteiger partial charge >= 0.3 is 6.03 Å². The maximum Gasteiger partial charge on any atom is 0.322 e. The highest BCUT2D eigenvalue weighted by atomic mass is 32.1. The molecule has 1 fully saturated rings. The van der Waals surface area contributed by atoms with Crippen LogP contribution in [0.25, 0.3) is 0 Å². The predicted molar refractivity (Wildman–Crippen MR) is 87.0 cm³/mol. The van der Waals surface area contributed by atoms with Crippen molar-refractivity contribution in [3.8, 4) is 6.07 Å². The number of carbonyl (C=O) groups excluding carboxylic acids is 2. The molecule has 1 aliphatic rings. The van der Waals surface area contributed by atoms with Gasteiger partial charge in [-0.1, -0.05) is 6.07 Å². The molecule has 1 aromatic heterocycles. The van der Waals surface area contributed by atoms with Crippen LogP contribution in [-0.4, -0.2) is 29.9 Å². The third-order valence-electron chi connectivity index (χ3n) is 3.55. The average molecular weight is 326 g/mol. The zero-order valence-electron chi connectivity index (χ0n) is 12.2.